The highest BCUT2D eigenvalue weighted by atomic mass is 16.5. The van der Waals surface area contributed by atoms with Gasteiger partial charge in [0.25, 0.3) is 5.91 Å². The van der Waals surface area contributed by atoms with E-state index in [1.165, 1.54) is 6.33 Å². The number of amides is 1. The first-order valence-electron chi connectivity index (χ1n) is 9.30. The Labute approximate surface area is 168 Å². The molecule has 0 saturated carbocycles. The maximum atomic E-state index is 12.6. The Morgan fingerprint density at radius 2 is 2.10 bits per heavy atom. The zero-order chi connectivity index (χ0) is 20.1. The van der Waals surface area contributed by atoms with E-state index in [0.717, 1.165) is 11.1 Å². The molecule has 148 valence electrons. The fourth-order valence-corrected chi connectivity index (χ4v) is 3.23. The van der Waals surface area contributed by atoms with Gasteiger partial charge in [-0.2, -0.15) is 0 Å². The first kappa shape index (κ1) is 18.8. The zero-order valence-electron chi connectivity index (χ0n) is 15.8. The monoisotopic (exact) mass is 391 g/mol. The highest BCUT2D eigenvalue weighted by molar-refractivity contribution is 5.78. The van der Waals surface area contributed by atoms with Crippen LogP contribution >= 0.6 is 0 Å². The lowest BCUT2D eigenvalue weighted by Gasteiger charge is -2.33. The molecule has 8 heteroatoms. The number of hydrogen-bond acceptors (Lipinski definition) is 7. The Hall–Kier alpha value is -3.52. The van der Waals surface area contributed by atoms with Gasteiger partial charge in [0.05, 0.1) is 18.8 Å². The summed E-state index contributed by atoms with van der Waals surface area (Å²) in [5.41, 5.74) is 8.19. The molecule has 1 saturated heterocycles. The predicted molar refractivity (Wildman–Crippen MR) is 107 cm³/mol. The standard InChI is InChI=1S/C21H21N5O3/c22-19-10-15(6-7-24-19)17-11-23-14-25-21(17)18-12-26(8-9-28-18)20(27)13-29-16-4-2-1-3-5-16/h1-7,10-11,14,18H,8-9,12-13H2,(H2,22,24)/t18-/m0/s1. The highest BCUT2D eigenvalue weighted by Crippen LogP contribution is 2.30. The molecule has 0 unspecified atom stereocenters. The average Bonchev–Trinajstić information content (AvgIpc) is 2.78. The van der Waals surface area contributed by atoms with Crippen molar-refractivity contribution in [1.82, 2.24) is 19.9 Å². The number of pyridine rings is 1. The highest BCUT2D eigenvalue weighted by Gasteiger charge is 2.28. The molecule has 3 aromatic rings. The van der Waals surface area contributed by atoms with E-state index in [1.807, 2.05) is 36.4 Å². The number of carbonyl (C=O) groups is 1. The van der Waals surface area contributed by atoms with E-state index >= 15 is 0 Å². The molecule has 4 rings (SSSR count). The molecule has 0 spiro atoms. The van der Waals surface area contributed by atoms with Gasteiger partial charge in [0.1, 0.15) is 24.0 Å². The number of nitrogens with zero attached hydrogens (tertiary/aromatic N) is 4. The maximum Gasteiger partial charge on any atom is 0.260 e. The van der Waals surface area contributed by atoms with Gasteiger partial charge in [-0.05, 0) is 29.8 Å². The molecule has 1 aliphatic heterocycles. The van der Waals surface area contributed by atoms with Crippen LogP contribution in [0, 0.1) is 0 Å². The number of aromatic nitrogens is 3. The summed E-state index contributed by atoms with van der Waals surface area (Å²) >= 11 is 0. The molecule has 2 aromatic heterocycles. The van der Waals surface area contributed by atoms with Crippen molar-refractivity contribution in [2.75, 3.05) is 32.0 Å². The number of morpholine rings is 1. The van der Waals surface area contributed by atoms with Crippen LogP contribution in [0.25, 0.3) is 11.1 Å². The normalized spacial score (nSPS) is 16.4. The summed E-state index contributed by atoms with van der Waals surface area (Å²) in [5, 5.41) is 0. The van der Waals surface area contributed by atoms with Crippen LogP contribution in [0.5, 0.6) is 5.75 Å². The van der Waals surface area contributed by atoms with Crippen molar-refractivity contribution in [3.05, 3.63) is 66.9 Å². The average molecular weight is 391 g/mol. The third-order valence-electron chi connectivity index (χ3n) is 4.66. The number of hydrogen-bond donors (Lipinski definition) is 1. The SMILES string of the molecule is Nc1cc(-c2cncnc2[C@@H]2CN(C(=O)COc3ccccc3)CCO2)ccn1. The van der Waals surface area contributed by atoms with E-state index in [4.69, 9.17) is 15.2 Å². The number of para-hydroxylation sites is 1. The Morgan fingerprint density at radius 1 is 1.24 bits per heavy atom. The Bertz CT molecular complexity index is 983. The Kier molecular flexibility index (Phi) is 5.62. The molecule has 0 aliphatic carbocycles. The van der Waals surface area contributed by atoms with Gasteiger partial charge in [0.15, 0.2) is 6.61 Å². The van der Waals surface area contributed by atoms with Crippen LogP contribution in [-0.2, 0) is 9.53 Å². The van der Waals surface area contributed by atoms with Crippen LogP contribution in [0.4, 0.5) is 5.82 Å². The number of carbonyl (C=O) groups excluding carboxylic acids is 1. The molecule has 1 fully saturated rings. The largest absolute Gasteiger partial charge is 0.484 e. The van der Waals surface area contributed by atoms with E-state index in [-0.39, 0.29) is 18.6 Å². The molecular formula is C21H21N5O3. The fourth-order valence-electron chi connectivity index (χ4n) is 3.23. The number of rotatable bonds is 5. The molecule has 1 aliphatic rings. The van der Waals surface area contributed by atoms with Crippen LogP contribution in [0.2, 0.25) is 0 Å². The lowest BCUT2D eigenvalue weighted by molar-refractivity contribution is -0.141. The van der Waals surface area contributed by atoms with Crippen molar-refractivity contribution in [2.24, 2.45) is 0 Å². The summed E-state index contributed by atoms with van der Waals surface area (Å²) in [4.78, 5) is 27.0. The van der Waals surface area contributed by atoms with Crippen molar-refractivity contribution in [3.63, 3.8) is 0 Å². The Morgan fingerprint density at radius 3 is 2.93 bits per heavy atom. The van der Waals surface area contributed by atoms with Gasteiger partial charge in [-0.3, -0.25) is 4.79 Å². The van der Waals surface area contributed by atoms with Gasteiger partial charge in [0.2, 0.25) is 0 Å². The van der Waals surface area contributed by atoms with E-state index in [2.05, 4.69) is 15.0 Å². The predicted octanol–water partition coefficient (Wildman–Crippen LogP) is 2.10. The van der Waals surface area contributed by atoms with Crippen molar-refractivity contribution in [1.29, 1.82) is 0 Å². The lowest BCUT2D eigenvalue weighted by atomic mass is 10.0. The first-order chi connectivity index (χ1) is 14.2. The van der Waals surface area contributed by atoms with Crippen molar-refractivity contribution in [3.8, 4) is 16.9 Å². The second-order valence-corrected chi connectivity index (χ2v) is 6.59. The van der Waals surface area contributed by atoms with Gasteiger partial charge in [0, 0.05) is 24.5 Å². The molecule has 1 aromatic carbocycles. The maximum absolute atomic E-state index is 12.6. The van der Waals surface area contributed by atoms with Crippen molar-refractivity contribution >= 4 is 11.7 Å². The summed E-state index contributed by atoms with van der Waals surface area (Å²) in [6.07, 6.45) is 4.47. The molecule has 3 heterocycles. The van der Waals surface area contributed by atoms with E-state index < -0.39 is 0 Å². The van der Waals surface area contributed by atoms with Gasteiger partial charge in [-0.15, -0.1) is 0 Å². The number of nitrogens with two attached hydrogens (primary N) is 1. The quantitative estimate of drug-likeness (QED) is 0.710. The third-order valence-corrected chi connectivity index (χ3v) is 4.66. The second kappa shape index (κ2) is 8.66. The molecule has 0 bridgehead atoms. The zero-order valence-corrected chi connectivity index (χ0v) is 15.8. The van der Waals surface area contributed by atoms with E-state index in [1.54, 1.807) is 23.4 Å². The molecular weight excluding hydrogens is 370 g/mol. The summed E-state index contributed by atoms with van der Waals surface area (Å²) in [5.74, 6) is 0.988. The summed E-state index contributed by atoms with van der Waals surface area (Å²) < 4.78 is 11.5. The van der Waals surface area contributed by atoms with Crippen LogP contribution < -0.4 is 10.5 Å². The molecule has 29 heavy (non-hydrogen) atoms. The lowest BCUT2D eigenvalue weighted by Crippen LogP contribution is -2.44. The summed E-state index contributed by atoms with van der Waals surface area (Å²) in [7, 11) is 0. The topological polar surface area (TPSA) is 103 Å². The molecule has 1 atom stereocenters. The minimum Gasteiger partial charge on any atom is -0.484 e. The van der Waals surface area contributed by atoms with Gasteiger partial charge < -0.3 is 20.1 Å². The number of nitrogen functional groups attached to an aromatic ring is 1. The number of anilines is 1. The fraction of sp³-hybridized carbons (Fsp3) is 0.238. The number of benzene rings is 1. The molecule has 1 amide bonds. The van der Waals surface area contributed by atoms with Crippen LogP contribution in [0.3, 0.4) is 0 Å². The molecule has 0 radical (unpaired) electrons. The van der Waals surface area contributed by atoms with Crippen molar-refractivity contribution in [2.45, 2.75) is 6.10 Å². The van der Waals surface area contributed by atoms with E-state index in [0.29, 0.717) is 37.0 Å². The minimum absolute atomic E-state index is 0.0196. The van der Waals surface area contributed by atoms with Crippen LogP contribution in [0.1, 0.15) is 11.8 Å². The van der Waals surface area contributed by atoms with Gasteiger partial charge >= 0.3 is 0 Å². The first-order valence-corrected chi connectivity index (χ1v) is 9.30. The van der Waals surface area contributed by atoms with Crippen LogP contribution in [0.15, 0.2) is 61.2 Å². The molecule has 8 nitrogen and oxygen atoms in total. The minimum atomic E-state index is -0.364. The second-order valence-electron chi connectivity index (χ2n) is 6.59. The van der Waals surface area contributed by atoms with E-state index in [9.17, 15) is 4.79 Å². The van der Waals surface area contributed by atoms with Crippen LogP contribution in [-0.4, -0.2) is 52.1 Å². The smallest absolute Gasteiger partial charge is 0.260 e. The Balaban J connectivity index is 1.48. The summed E-state index contributed by atoms with van der Waals surface area (Å²) in [6.45, 7) is 1.30. The van der Waals surface area contributed by atoms with Crippen molar-refractivity contribution < 1.29 is 14.3 Å². The number of ether oxygens (including phenoxy) is 2. The van der Waals surface area contributed by atoms with Gasteiger partial charge in [-0.25, -0.2) is 15.0 Å². The summed E-state index contributed by atoms with van der Waals surface area (Å²) in [6, 6.07) is 12.9. The third kappa shape index (κ3) is 4.49. The van der Waals surface area contributed by atoms with Gasteiger partial charge in [-0.1, -0.05) is 18.2 Å². The molecule has 2 N–H and O–H groups in total.